The number of aromatic nitrogens is 3. The second-order valence-electron chi connectivity index (χ2n) is 3.16. The lowest BCUT2D eigenvalue weighted by atomic mass is 10.3. The molecule has 0 saturated heterocycles. The van der Waals surface area contributed by atoms with Gasteiger partial charge in [-0.2, -0.15) is 5.10 Å². The van der Waals surface area contributed by atoms with Crippen molar-refractivity contribution in [3.8, 4) is 0 Å². The van der Waals surface area contributed by atoms with Crippen molar-refractivity contribution in [2.45, 2.75) is 6.54 Å². The van der Waals surface area contributed by atoms with Crippen molar-refractivity contribution in [3.05, 3.63) is 39.9 Å². The van der Waals surface area contributed by atoms with Gasteiger partial charge in [0.15, 0.2) is 0 Å². The van der Waals surface area contributed by atoms with Crippen molar-refractivity contribution in [2.24, 2.45) is 0 Å². The zero-order valence-electron chi connectivity index (χ0n) is 8.31. The lowest BCUT2D eigenvalue weighted by Crippen LogP contribution is -2.01. The average Bonchev–Trinajstić information content (AvgIpc) is 2.65. The van der Waals surface area contributed by atoms with Crippen LogP contribution in [-0.2, 0) is 6.54 Å². The van der Waals surface area contributed by atoms with Crippen LogP contribution in [-0.4, -0.2) is 21.8 Å². The van der Waals surface area contributed by atoms with E-state index >= 15 is 0 Å². The first-order chi connectivity index (χ1) is 7.28. The monoisotopic (exact) mass is 314 g/mol. The van der Waals surface area contributed by atoms with Crippen molar-refractivity contribution >= 4 is 28.4 Å². The van der Waals surface area contributed by atoms with Crippen molar-refractivity contribution in [1.82, 2.24) is 14.8 Å². The minimum absolute atomic E-state index is 0.764. The molecule has 2 heterocycles. The molecule has 2 aromatic heterocycles. The summed E-state index contributed by atoms with van der Waals surface area (Å²) in [6.45, 7) is 0.764. The van der Waals surface area contributed by atoms with Gasteiger partial charge in [0.25, 0.3) is 0 Å². The predicted molar refractivity (Wildman–Crippen MR) is 67.8 cm³/mol. The van der Waals surface area contributed by atoms with Crippen molar-refractivity contribution in [3.63, 3.8) is 0 Å². The Hall–Kier alpha value is -1.11. The lowest BCUT2D eigenvalue weighted by Gasteiger charge is -2.02. The van der Waals surface area contributed by atoms with E-state index in [1.54, 1.807) is 0 Å². The fraction of sp³-hybridized carbons (Fsp3) is 0.200. The van der Waals surface area contributed by atoms with Gasteiger partial charge in [-0.05, 0) is 34.2 Å². The summed E-state index contributed by atoms with van der Waals surface area (Å²) in [5.74, 6) is 0.883. The molecule has 15 heavy (non-hydrogen) atoms. The summed E-state index contributed by atoms with van der Waals surface area (Å²) in [7, 11) is 1.86. The van der Waals surface area contributed by atoms with Crippen LogP contribution in [0.2, 0.25) is 0 Å². The maximum atomic E-state index is 4.25. The third-order valence-electron chi connectivity index (χ3n) is 2.03. The van der Waals surface area contributed by atoms with Crippen molar-refractivity contribution in [2.75, 3.05) is 12.4 Å². The molecule has 0 aromatic carbocycles. The van der Waals surface area contributed by atoms with Gasteiger partial charge in [0.1, 0.15) is 5.82 Å². The summed E-state index contributed by atoms with van der Waals surface area (Å²) in [5.41, 5.74) is 1.15. The number of nitrogens with zero attached hydrogens (tertiary/aromatic N) is 3. The number of anilines is 1. The normalized spacial score (nSPS) is 10.3. The van der Waals surface area contributed by atoms with Crippen LogP contribution in [0, 0.1) is 3.57 Å². The summed E-state index contributed by atoms with van der Waals surface area (Å²) in [6, 6.07) is 4.01. The molecule has 0 fully saturated rings. The van der Waals surface area contributed by atoms with Crippen LogP contribution in [0.25, 0.3) is 0 Å². The van der Waals surface area contributed by atoms with Gasteiger partial charge >= 0.3 is 0 Å². The third-order valence-corrected chi connectivity index (χ3v) is 2.58. The fourth-order valence-electron chi connectivity index (χ4n) is 1.28. The Morgan fingerprint density at radius 1 is 1.40 bits per heavy atom. The Morgan fingerprint density at radius 2 is 2.27 bits per heavy atom. The van der Waals surface area contributed by atoms with Crippen molar-refractivity contribution < 1.29 is 0 Å². The van der Waals surface area contributed by atoms with Gasteiger partial charge in [-0.3, -0.25) is 4.68 Å². The maximum absolute atomic E-state index is 4.25. The zero-order chi connectivity index (χ0) is 10.7. The lowest BCUT2D eigenvalue weighted by molar-refractivity contribution is 0.684. The molecule has 0 spiro atoms. The molecule has 5 heteroatoms. The van der Waals surface area contributed by atoms with E-state index in [4.69, 9.17) is 0 Å². The SMILES string of the molecule is CNc1ccc(Cn2cc(I)cn2)cn1. The first kappa shape index (κ1) is 10.4. The largest absolute Gasteiger partial charge is 0.373 e. The molecular weight excluding hydrogens is 303 g/mol. The van der Waals surface area contributed by atoms with Gasteiger partial charge in [-0.15, -0.1) is 0 Å². The summed E-state index contributed by atoms with van der Waals surface area (Å²) in [6.07, 6.45) is 5.71. The molecule has 0 aliphatic heterocycles. The van der Waals surface area contributed by atoms with Crippen LogP contribution in [0.15, 0.2) is 30.7 Å². The maximum Gasteiger partial charge on any atom is 0.125 e. The van der Waals surface area contributed by atoms with Crippen LogP contribution < -0.4 is 5.32 Å². The van der Waals surface area contributed by atoms with Gasteiger partial charge in [0.05, 0.1) is 16.3 Å². The molecule has 0 bridgehead atoms. The summed E-state index contributed by atoms with van der Waals surface area (Å²) in [5, 5.41) is 7.21. The van der Waals surface area contributed by atoms with Crippen LogP contribution >= 0.6 is 22.6 Å². The highest BCUT2D eigenvalue weighted by atomic mass is 127. The highest BCUT2D eigenvalue weighted by molar-refractivity contribution is 14.1. The van der Waals surface area contributed by atoms with E-state index in [0.717, 1.165) is 21.5 Å². The minimum atomic E-state index is 0.764. The first-order valence-electron chi connectivity index (χ1n) is 4.58. The molecule has 2 rings (SSSR count). The van der Waals surface area contributed by atoms with E-state index in [-0.39, 0.29) is 0 Å². The topological polar surface area (TPSA) is 42.7 Å². The molecular formula is C10H11IN4. The Morgan fingerprint density at radius 3 is 2.80 bits per heavy atom. The molecule has 0 unspecified atom stereocenters. The van der Waals surface area contributed by atoms with E-state index in [0.29, 0.717) is 0 Å². The molecule has 4 nitrogen and oxygen atoms in total. The summed E-state index contributed by atoms with van der Waals surface area (Å²) in [4.78, 5) is 4.25. The van der Waals surface area contributed by atoms with Gasteiger partial charge in [-0.25, -0.2) is 4.98 Å². The summed E-state index contributed by atoms with van der Waals surface area (Å²) < 4.78 is 3.05. The second kappa shape index (κ2) is 4.61. The third kappa shape index (κ3) is 2.68. The Bertz CT molecular complexity index is 435. The smallest absolute Gasteiger partial charge is 0.125 e. The van der Waals surface area contributed by atoms with Crippen LogP contribution in [0.3, 0.4) is 0 Å². The Balaban J connectivity index is 2.11. The zero-order valence-corrected chi connectivity index (χ0v) is 10.5. The minimum Gasteiger partial charge on any atom is -0.373 e. The number of hydrogen-bond acceptors (Lipinski definition) is 3. The summed E-state index contributed by atoms with van der Waals surface area (Å²) >= 11 is 2.25. The van der Waals surface area contributed by atoms with E-state index in [9.17, 15) is 0 Å². The van der Waals surface area contributed by atoms with Gasteiger partial charge < -0.3 is 5.32 Å². The molecule has 0 aliphatic carbocycles. The Kier molecular flexibility index (Phi) is 3.20. The second-order valence-corrected chi connectivity index (χ2v) is 4.40. The molecule has 0 atom stereocenters. The number of pyridine rings is 1. The number of halogens is 1. The molecule has 1 N–H and O–H groups in total. The van der Waals surface area contributed by atoms with E-state index in [2.05, 4.69) is 38.0 Å². The Labute approximate surface area is 102 Å². The first-order valence-corrected chi connectivity index (χ1v) is 5.66. The van der Waals surface area contributed by atoms with Gasteiger partial charge in [-0.1, -0.05) is 6.07 Å². The van der Waals surface area contributed by atoms with Gasteiger partial charge in [0, 0.05) is 19.4 Å². The highest BCUT2D eigenvalue weighted by Crippen LogP contribution is 2.07. The van der Waals surface area contributed by atoms with Crippen LogP contribution in [0.1, 0.15) is 5.56 Å². The standard InChI is InChI=1S/C10H11IN4/c1-12-10-3-2-8(4-13-10)6-15-7-9(11)5-14-15/h2-5,7H,6H2,1H3,(H,12,13). The van der Waals surface area contributed by atoms with Crippen LogP contribution in [0.5, 0.6) is 0 Å². The van der Waals surface area contributed by atoms with Crippen LogP contribution in [0.4, 0.5) is 5.82 Å². The molecule has 0 saturated carbocycles. The highest BCUT2D eigenvalue weighted by Gasteiger charge is 1.98. The van der Waals surface area contributed by atoms with Gasteiger partial charge in [0.2, 0.25) is 0 Å². The van der Waals surface area contributed by atoms with Crippen molar-refractivity contribution in [1.29, 1.82) is 0 Å². The van der Waals surface area contributed by atoms with E-state index < -0.39 is 0 Å². The molecule has 0 aliphatic rings. The van der Waals surface area contributed by atoms with E-state index in [1.807, 2.05) is 42.5 Å². The fourth-order valence-corrected chi connectivity index (χ4v) is 1.72. The quantitative estimate of drug-likeness (QED) is 0.881. The molecule has 2 aromatic rings. The average molecular weight is 314 g/mol. The predicted octanol–water partition coefficient (Wildman–Crippen LogP) is 1.97. The number of rotatable bonds is 3. The number of nitrogens with one attached hydrogen (secondary N) is 1. The number of hydrogen-bond donors (Lipinski definition) is 1. The molecule has 0 radical (unpaired) electrons. The van der Waals surface area contributed by atoms with E-state index in [1.165, 1.54) is 0 Å². The molecule has 78 valence electrons. The molecule has 0 amide bonds.